The Morgan fingerprint density at radius 3 is 2.42 bits per heavy atom. The van der Waals surface area contributed by atoms with Crippen LogP contribution in [-0.2, 0) is 0 Å². The topological polar surface area (TPSA) is 35.2 Å². The van der Waals surface area contributed by atoms with Crippen molar-refractivity contribution in [3.05, 3.63) is 58.9 Å². The fraction of sp³-hybridized carbons (Fsp3) is 0.133. The van der Waals surface area contributed by atoms with Gasteiger partial charge in [0.15, 0.2) is 0 Å². The molecule has 0 spiro atoms. The first-order valence-corrected chi connectivity index (χ1v) is 6.24. The summed E-state index contributed by atoms with van der Waals surface area (Å²) in [7, 11) is 0. The number of benzene rings is 2. The van der Waals surface area contributed by atoms with E-state index in [1.165, 1.54) is 6.07 Å². The Kier molecular flexibility index (Phi) is 3.81. The zero-order valence-corrected chi connectivity index (χ0v) is 11.6. The Bertz CT molecular complexity index is 640. The van der Waals surface area contributed by atoms with E-state index in [1.54, 1.807) is 12.1 Å². The first-order valence-electron chi connectivity index (χ1n) is 5.83. The molecule has 0 atom stereocenters. The summed E-state index contributed by atoms with van der Waals surface area (Å²) in [4.78, 5) is -0.0154. The lowest BCUT2D eigenvalue weighted by atomic mass is 10.1. The highest BCUT2D eigenvalue weighted by atomic mass is 32.1. The molecular formula is C15H14FNOS. The normalized spacial score (nSPS) is 10.3. The summed E-state index contributed by atoms with van der Waals surface area (Å²) < 4.78 is 19.5. The van der Waals surface area contributed by atoms with Crippen molar-refractivity contribution >= 4 is 17.2 Å². The first-order chi connectivity index (χ1) is 9.00. The lowest BCUT2D eigenvalue weighted by Gasteiger charge is -2.13. The molecule has 0 heterocycles. The summed E-state index contributed by atoms with van der Waals surface area (Å²) in [6.45, 7) is 3.94. The summed E-state index contributed by atoms with van der Waals surface area (Å²) in [5.41, 5.74) is 7.79. The molecule has 2 N–H and O–H groups in total. The highest BCUT2D eigenvalue weighted by Gasteiger charge is 2.14. The number of hydrogen-bond donors (Lipinski definition) is 1. The molecule has 2 aromatic carbocycles. The molecule has 0 bridgehead atoms. The van der Waals surface area contributed by atoms with E-state index < -0.39 is 5.82 Å². The Labute approximate surface area is 117 Å². The number of ether oxygens (including phenoxy) is 1. The van der Waals surface area contributed by atoms with Crippen LogP contribution in [0.25, 0.3) is 0 Å². The first kappa shape index (κ1) is 13.5. The van der Waals surface area contributed by atoms with Crippen LogP contribution < -0.4 is 10.5 Å². The number of hydrogen-bond acceptors (Lipinski definition) is 2. The molecule has 4 heteroatoms. The van der Waals surface area contributed by atoms with Gasteiger partial charge >= 0.3 is 0 Å². The summed E-state index contributed by atoms with van der Waals surface area (Å²) in [5, 5.41) is 0. The standard InChI is InChI=1S/C15H14FNOS/c1-9-5-3-7-12(10(9)2)18-13-8-4-6-11(16)14(13)15(17)19/h3-8H,1-2H3,(H2,17,19). The second kappa shape index (κ2) is 5.36. The van der Waals surface area contributed by atoms with E-state index in [0.29, 0.717) is 11.5 Å². The summed E-state index contributed by atoms with van der Waals surface area (Å²) in [6, 6.07) is 10.2. The highest BCUT2D eigenvalue weighted by Crippen LogP contribution is 2.30. The van der Waals surface area contributed by atoms with Gasteiger partial charge in [0.2, 0.25) is 0 Å². The summed E-state index contributed by atoms with van der Waals surface area (Å²) in [5.74, 6) is 0.527. The lowest BCUT2D eigenvalue weighted by Crippen LogP contribution is -2.13. The van der Waals surface area contributed by atoms with E-state index in [-0.39, 0.29) is 10.6 Å². The number of thiocarbonyl (C=S) groups is 1. The predicted molar refractivity (Wildman–Crippen MR) is 78.3 cm³/mol. The Hall–Kier alpha value is -1.94. The van der Waals surface area contributed by atoms with Crippen molar-refractivity contribution in [2.24, 2.45) is 5.73 Å². The van der Waals surface area contributed by atoms with Crippen LogP contribution in [0.15, 0.2) is 36.4 Å². The molecule has 0 aromatic heterocycles. The summed E-state index contributed by atoms with van der Waals surface area (Å²) >= 11 is 4.87. The van der Waals surface area contributed by atoms with Crippen LogP contribution in [0, 0.1) is 19.7 Å². The lowest BCUT2D eigenvalue weighted by molar-refractivity contribution is 0.471. The minimum Gasteiger partial charge on any atom is -0.456 e. The van der Waals surface area contributed by atoms with Crippen molar-refractivity contribution in [1.82, 2.24) is 0 Å². The van der Waals surface area contributed by atoms with Crippen LogP contribution in [0.1, 0.15) is 16.7 Å². The fourth-order valence-corrected chi connectivity index (χ4v) is 1.98. The Balaban J connectivity index is 2.47. The molecular weight excluding hydrogens is 261 g/mol. The maximum Gasteiger partial charge on any atom is 0.140 e. The van der Waals surface area contributed by atoms with Crippen LogP contribution in [0.4, 0.5) is 4.39 Å². The molecule has 0 saturated carbocycles. The van der Waals surface area contributed by atoms with Gasteiger partial charge in [-0.1, -0.05) is 30.4 Å². The third-order valence-corrected chi connectivity index (χ3v) is 3.20. The van der Waals surface area contributed by atoms with Crippen LogP contribution >= 0.6 is 12.2 Å². The van der Waals surface area contributed by atoms with Gasteiger partial charge in [-0.15, -0.1) is 0 Å². The second-order valence-electron chi connectivity index (χ2n) is 4.28. The monoisotopic (exact) mass is 275 g/mol. The Morgan fingerprint density at radius 2 is 1.74 bits per heavy atom. The van der Waals surface area contributed by atoms with E-state index in [1.807, 2.05) is 32.0 Å². The molecule has 0 aliphatic carbocycles. The number of rotatable bonds is 3. The van der Waals surface area contributed by atoms with Crippen molar-refractivity contribution in [3.63, 3.8) is 0 Å². The largest absolute Gasteiger partial charge is 0.456 e. The molecule has 2 aromatic rings. The maximum absolute atomic E-state index is 13.7. The van der Waals surface area contributed by atoms with Crippen molar-refractivity contribution in [3.8, 4) is 11.5 Å². The van der Waals surface area contributed by atoms with Gasteiger partial charge in [-0.3, -0.25) is 0 Å². The van der Waals surface area contributed by atoms with Gasteiger partial charge in [0.05, 0.1) is 5.56 Å². The molecule has 0 saturated heterocycles. The molecule has 0 amide bonds. The average molecular weight is 275 g/mol. The predicted octanol–water partition coefficient (Wildman–Crippen LogP) is 3.87. The molecule has 0 radical (unpaired) electrons. The van der Waals surface area contributed by atoms with Crippen LogP contribution in [0.3, 0.4) is 0 Å². The molecule has 19 heavy (non-hydrogen) atoms. The number of nitrogens with two attached hydrogens (primary N) is 1. The van der Waals surface area contributed by atoms with Crippen molar-refractivity contribution in [2.45, 2.75) is 13.8 Å². The zero-order valence-electron chi connectivity index (χ0n) is 10.7. The van der Waals surface area contributed by atoms with Gasteiger partial charge in [0.1, 0.15) is 22.3 Å². The van der Waals surface area contributed by atoms with Crippen LogP contribution in [-0.4, -0.2) is 4.99 Å². The van der Waals surface area contributed by atoms with Crippen molar-refractivity contribution in [1.29, 1.82) is 0 Å². The smallest absolute Gasteiger partial charge is 0.140 e. The van der Waals surface area contributed by atoms with Gasteiger partial charge in [-0.05, 0) is 43.2 Å². The SMILES string of the molecule is Cc1cccc(Oc2cccc(F)c2C(N)=S)c1C. The third-order valence-electron chi connectivity index (χ3n) is 3.00. The molecule has 0 fully saturated rings. The van der Waals surface area contributed by atoms with Gasteiger partial charge in [-0.2, -0.15) is 0 Å². The van der Waals surface area contributed by atoms with E-state index >= 15 is 0 Å². The minimum atomic E-state index is -0.477. The molecule has 0 aliphatic rings. The van der Waals surface area contributed by atoms with Gasteiger partial charge in [0.25, 0.3) is 0 Å². The highest BCUT2D eigenvalue weighted by molar-refractivity contribution is 7.80. The fourth-order valence-electron chi connectivity index (χ4n) is 1.78. The second-order valence-corrected chi connectivity index (χ2v) is 4.72. The molecule has 2 nitrogen and oxygen atoms in total. The zero-order chi connectivity index (χ0) is 14.0. The quantitative estimate of drug-likeness (QED) is 0.864. The summed E-state index contributed by atoms with van der Waals surface area (Å²) in [6.07, 6.45) is 0. The van der Waals surface area contributed by atoms with E-state index in [4.69, 9.17) is 22.7 Å². The average Bonchev–Trinajstić information content (AvgIpc) is 2.34. The molecule has 0 aliphatic heterocycles. The van der Waals surface area contributed by atoms with Crippen LogP contribution in [0.5, 0.6) is 11.5 Å². The Morgan fingerprint density at radius 1 is 1.11 bits per heavy atom. The van der Waals surface area contributed by atoms with Crippen molar-refractivity contribution < 1.29 is 9.13 Å². The van der Waals surface area contributed by atoms with E-state index in [2.05, 4.69) is 0 Å². The van der Waals surface area contributed by atoms with Crippen molar-refractivity contribution in [2.75, 3.05) is 0 Å². The third kappa shape index (κ3) is 2.74. The number of halogens is 1. The minimum absolute atomic E-state index is 0.0154. The van der Waals surface area contributed by atoms with Crippen LogP contribution in [0.2, 0.25) is 0 Å². The number of aryl methyl sites for hydroxylation is 1. The van der Waals surface area contributed by atoms with E-state index in [0.717, 1.165) is 11.1 Å². The van der Waals surface area contributed by atoms with Gasteiger partial charge < -0.3 is 10.5 Å². The van der Waals surface area contributed by atoms with Gasteiger partial charge in [0, 0.05) is 0 Å². The van der Waals surface area contributed by atoms with E-state index in [9.17, 15) is 4.39 Å². The molecule has 0 unspecified atom stereocenters. The van der Waals surface area contributed by atoms with Gasteiger partial charge in [-0.25, -0.2) is 4.39 Å². The maximum atomic E-state index is 13.7. The molecule has 98 valence electrons. The molecule has 2 rings (SSSR count).